The van der Waals surface area contributed by atoms with Crippen molar-refractivity contribution in [3.8, 4) is 0 Å². The van der Waals surface area contributed by atoms with Gasteiger partial charge in [0.2, 0.25) is 5.95 Å². The normalized spacial score (nSPS) is 15.1. The largest absolute Gasteiger partial charge is 0.348 e. The number of nitrogens with one attached hydrogen (secondary N) is 2. The van der Waals surface area contributed by atoms with Crippen LogP contribution >= 0.6 is 15.9 Å². The third kappa shape index (κ3) is 4.32. The van der Waals surface area contributed by atoms with Gasteiger partial charge < -0.3 is 10.6 Å². The van der Waals surface area contributed by atoms with E-state index in [1.165, 1.54) is 19.3 Å². The molecule has 1 amide bonds. The molecule has 1 aromatic heterocycles. The molecule has 0 saturated heterocycles. The molecular weight excluding hydrogens is 368 g/mol. The number of aromatic nitrogens is 2. The number of carbonyl (C=O) groups is 1. The van der Waals surface area contributed by atoms with E-state index < -0.39 is 0 Å². The fourth-order valence-corrected chi connectivity index (χ4v) is 3.31. The van der Waals surface area contributed by atoms with Gasteiger partial charge >= 0.3 is 0 Å². The number of carbonyl (C=O) groups excluding carboxylic acids is 1. The first kappa shape index (κ1) is 16.9. The van der Waals surface area contributed by atoms with Crippen molar-refractivity contribution in [1.29, 1.82) is 0 Å². The van der Waals surface area contributed by atoms with Crippen LogP contribution in [0, 0.1) is 6.92 Å². The molecule has 24 heavy (non-hydrogen) atoms. The molecular formula is C18H21BrN4O. The van der Waals surface area contributed by atoms with Crippen molar-refractivity contribution in [2.75, 3.05) is 5.32 Å². The van der Waals surface area contributed by atoms with Crippen molar-refractivity contribution in [1.82, 2.24) is 15.3 Å². The Hall–Kier alpha value is -1.95. The highest BCUT2D eigenvalue weighted by molar-refractivity contribution is 9.10. The summed E-state index contributed by atoms with van der Waals surface area (Å²) >= 11 is 3.49. The Labute approximate surface area is 150 Å². The number of anilines is 2. The predicted octanol–water partition coefficient (Wildman–Crippen LogP) is 4.35. The van der Waals surface area contributed by atoms with E-state index in [0.717, 1.165) is 28.7 Å². The van der Waals surface area contributed by atoms with E-state index in [1.807, 2.05) is 31.2 Å². The van der Waals surface area contributed by atoms with Gasteiger partial charge in [-0.1, -0.05) is 31.4 Å². The molecule has 126 valence electrons. The topological polar surface area (TPSA) is 66.9 Å². The average Bonchev–Trinajstić information content (AvgIpc) is 2.57. The van der Waals surface area contributed by atoms with Gasteiger partial charge in [0.05, 0.1) is 5.69 Å². The van der Waals surface area contributed by atoms with E-state index in [9.17, 15) is 4.79 Å². The summed E-state index contributed by atoms with van der Waals surface area (Å²) in [6.45, 7) is 1.87. The Morgan fingerprint density at radius 2 is 1.92 bits per heavy atom. The first-order chi connectivity index (χ1) is 11.6. The molecule has 0 bridgehead atoms. The van der Waals surface area contributed by atoms with Crippen LogP contribution in [-0.2, 0) is 0 Å². The molecule has 2 N–H and O–H groups in total. The third-order valence-corrected chi connectivity index (χ3v) is 4.84. The predicted molar refractivity (Wildman–Crippen MR) is 98.5 cm³/mol. The summed E-state index contributed by atoms with van der Waals surface area (Å²) in [6.07, 6.45) is 5.74. The van der Waals surface area contributed by atoms with E-state index in [0.29, 0.717) is 11.6 Å². The summed E-state index contributed by atoms with van der Waals surface area (Å²) in [4.78, 5) is 21.3. The van der Waals surface area contributed by atoms with Crippen LogP contribution in [0.3, 0.4) is 0 Å². The minimum atomic E-state index is -0.123. The van der Waals surface area contributed by atoms with Crippen LogP contribution in [0.4, 0.5) is 11.6 Å². The standard InChI is InChI=1S/C18H21BrN4O/c1-12-11-16(17(24)21-13-7-3-2-4-8-13)23-18(20-12)22-15-10-6-5-9-14(15)19/h5-6,9-11,13H,2-4,7-8H2,1H3,(H,21,24)(H,20,22,23). The zero-order valence-corrected chi connectivity index (χ0v) is 15.3. The van der Waals surface area contributed by atoms with Crippen molar-refractivity contribution in [3.63, 3.8) is 0 Å². The van der Waals surface area contributed by atoms with Crippen molar-refractivity contribution in [3.05, 3.63) is 46.2 Å². The smallest absolute Gasteiger partial charge is 0.270 e. The molecule has 0 unspecified atom stereocenters. The molecule has 0 aliphatic heterocycles. The summed E-state index contributed by atoms with van der Waals surface area (Å²) in [5.41, 5.74) is 2.03. The SMILES string of the molecule is Cc1cc(C(=O)NC2CCCCC2)nc(Nc2ccccc2Br)n1. The maximum atomic E-state index is 12.5. The van der Waals surface area contributed by atoms with Gasteiger partial charge in [-0.15, -0.1) is 0 Å². The van der Waals surface area contributed by atoms with Gasteiger partial charge in [-0.2, -0.15) is 0 Å². The number of hydrogen-bond donors (Lipinski definition) is 2. The highest BCUT2D eigenvalue weighted by atomic mass is 79.9. The Kier molecular flexibility index (Phi) is 5.45. The zero-order valence-electron chi connectivity index (χ0n) is 13.7. The maximum Gasteiger partial charge on any atom is 0.270 e. The van der Waals surface area contributed by atoms with Crippen LogP contribution in [0.1, 0.15) is 48.3 Å². The lowest BCUT2D eigenvalue weighted by Crippen LogP contribution is -2.36. The van der Waals surface area contributed by atoms with E-state index in [-0.39, 0.29) is 11.9 Å². The molecule has 0 spiro atoms. The number of aryl methyl sites for hydroxylation is 1. The third-order valence-electron chi connectivity index (χ3n) is 4.15. The second kappa shape index (κ2) is 7.75. The average molecular weight is 389 g/mol. The maximum absolute atomic E-state index is 12.5. The van der Waals surface area contributed by atoms with Gasteiger partial charge in [-0.3, -0.25) is 4.79 Å². The van der Waals surface area contributed by atoms with Gasteiger partial charge in [-0.05, 0) is 53.9 Å². The van der Waals surface area contributed by atoms with Crippen LogP contribution < -0.4 is 10.6 Å². The Morgan fingerprint density at radius 1 is 1.17 bits per heavy atom. The number of nitrogens with zero attached hydrogens (tertiary/aromatic N) is 2. The van der Waals surface area contributed by atoms with Crippen molar-refractivity contribution in [2.24, 2.45) is 0 Å². The van der Waals surface area contributed by atoms with Crippen LogP contribution in [-0.4, -0.2) is 21.9 Å². The number of hydrogen-bond acceptors (Lipinski definition) is 4. The molecule has 2 aromatic rings. The summed E-state index contributed by atoms with van der Waals surface area (Å²) in [5, 5.41) is 6.26. The van der Waals surface area contributed by atoms with Crippen LogP contribution in [0.15, 0.2) is 34.8 Å². The molecule has 1 aromatic carbocycles. The molecule has 6 heteroatoms. The summed E-state index contributed by atoms with van der Waals surface area (Å²) < 4.78 is 0.920. The molecule has 3 rings (SSSR count). The van der Waals surface area contributed by atoms with E-state index in [4.69, 9.17) is 0 Å². The number of amides is 1. The van der Waals surface area contributed by atoms with Crippen LogP contribution in [0.5, 0.6) is 0 Å². The highest BCUT2D eigenvalue weighted by Crippen LogP contribution is 2.24. The lowest BCUT2D eigenvalue weighted by atomic mass is 9.95. The first-order valence-electron chi connectivity index (χ1n) is 8.30. The number of halogens is 1. The summed E-state index contributed by atoms with van der Waals surface area (Å²) in [7, 11) is 0. The molecule has 1 fully saturated rings. The molecule has 5 nitrogen and oxygen atoms in total. The number of benzene rings is 1. The van der Waals surface area contributed by atoms with Crippen molar-refractivity contribution in [2.45, 2.75) is 45.1 Å². The fourth-order valence-electron chi connectivity index (χ4n) is 2.93. The van der Waals surface area contributed by atoms with Gasteiger partial charge in [0.25, 0.3) is 5.91 Å². The van der Waals surface area contributed by atoms with Gasteiger partial charge in [0.1, 0.15) is 5.69 Å². The van der Waals surface area contributed by atoms with Gasteiger partial charge in [-0.25, -0.2) is 9.97 Å². The van der Waals surface area contributed by atoms with Crippen molar-refractivity contribution >= 4 is 33.5 Å². The molecule has 0 atom stereocenters. The van der Waals surface area contributed by atoms with Crippen molar-refractivity contribution < 1.29 is 4.79 Å². The lowest BCUT2D eigenvalue weighted by Gasteiger charge is -2.22. The quantitative estimate of drug-likeness (QED) is 0.816. The summed E-state index contributed by atoms with van der Waals surface area (Å²) in [5.74, 6) is 0.304. The van der Waals surface area contributed by atoms with Crippen LogP contribution in [0.25, 0.3) is 0 Å². The molecule has 0 radical (unpaired) electrons. The monoisotopic (exact) mass is 388 g/mol. The van der Waals surface area contributed by atoms with Gasteiger partial charge in [0, 0.05) is 16.2 Å². The molecule has 1 saturated carbocycles. The van der Waals surface area contributed by atoms with E-state index >= 15 is 0 Å². The number of para-hydroxylation sites is 1. The second-order valence-corrected chi connectivity index (χ2v) is 6.99. The molecule has 1 aliphatic carbocycles. The van der Waals surface area contributed by atoms with Crippen LogP contribution in [0.2, 0.25) is 0 Å². The lowest BCUT2D eigenvalue weighted by molar-refractivity contribution is 0.0922. The minimum Gasteiger partial charge on any atom is -0.348 e. The molecule has 1 heterocycles. The highest BCUT2D eigenvalue weighted by Gasteiger charge is 2.18. The fraction of sp³-hybridized carbons (Fsp3) is 0.389. The second-order valence-electron chi connectivity index (χ2n) is 6.13. The minimum absolute atomic E-state index is 0.123. The Bertz CT molecular complexity index is 729. The Balaban J connectivity index is 1.75. The molecule has 1 aliphatic rings. The van der Waals surface area contributed by atoms with E-state index in [2.05, 4.69) is 36.5 Å². The van der Waals surface area contributed by atoms with Gasteiger partial charge in [0.15, 0.2) is 0 Å². The van der Waals surface area contributed by atoms with E-state index in [1.54, 1.807) is 6.07 Å². The first-order valence-corrected chi connectivity index (χ1v) is 9.09. The Morgan fingerprint density at radius 3 is 2.67 bits per heavy atom. The summed E-state index contributed by atoms with van der Waals surface area (Å²) in [6, 6.07) is 9.73. The zero-order chi connectivity index (χ0) is 16.9. The number of rotatable bonds is 4.